The predicted octanol–water partition coefficient (Wildman–Crippen LogP) is 3.90. The van der Waals surface area contributed by atoms with Gasteiger partial charge in [0.25, 0.3) is 0 Å². The standard InChI is InChI=1S/C22H25F3N4O2/c1-3-26-21(27-12-14-8-9-16(31-2)11-18(14)22(23,24)25)28-13-15-10-20(30)29-19-7-5-4-6-17(15)19/h4-9,11,15H,3,10,12-13H2,1-2H3,(H,29,30)(H2,26,27,28). The van der Waals surface area contributed by atoms with Crippen molar-refractivity contribution in [3.63, 3.8) is 0 Å². The molecule has 1 aliphatic rings. The van der Waals surface area contributed by atoms with E-state index in [1.807, 2.05) is 31.2 Å². The molecule has 1 atom stereocenters. The van der Waals surface area contributed by atoms with Gasteiger partial charge < -0.3 is 20.7 Å². The van der Waals surface area contributed by atoms with Gasteiger partial charge in [-0.15, -0.1) is 0 Å². The summed E-state index contributed by atoms with van der Waals surface area (Å²) in [6.07, 6.45) is -4.19. The highest BCUT2D eigenvalue weighted by Gasteiger charge is 2.33. The van der Waals surface area contributed by atoms with E-state index in [1.54, 1.807) is 0 Å². The van der Waals surface area contributed by atoms with Crippen LogP contribution in [0.5, 0.6) is 5.75 Å². The lowest BCUT2D eigenvalue weighted by Crippen LogP contribution is -2.40. The summed E-state index contributed by atoms with van der Waals surface area (Å²) in [7, 11) is 1.32. The van der Waals surface area contributed by atoms with Gasteiger partial charge in [-0.1, -0.05) is 24.3 Å². The van der Waals surface area contributed by atoms with Crippen LogP contribution in [0.25, 0.3) is 0 Å². The smallest absolute Gasteiger partial charge is 0.416 e. The van der Waals surface area contributed by atoms with Crippen LogP contribution in [0.1, 0.15) is 36.0 Å². The zero-order valence-electron chi connectivity index (χ0n) is 17.3. The summed E-state index contributed by atoms with van der Waals surface area (Å²) in [4.78, 5) is 16.3. The summed E-state index contributed by atoms with van der Waals surface area (Å²) in [6.45, 7) is 2.68. The Kier molecular flexibility index (Phi) is 7.04. The molecular weight excluding hydrogens is 409 g/mol. The Morgan fingerprint density at radius 1 is 1.23 bits per heavy atom. The van der Waals surface area contributed by atoms with Crippen molar-refractivity contribution in [3.8, 4) is 5.75 Å². The number of carbonyl (C=O) groups excluding carboxylic acids is 1. The van der Waals surface area contributed by atoms with Gasteiger partial charge in [0, 0.05) is 31.1 Å². The number of para-hydroxylation sites is 1. The normalized spacial score (nSPS) is 16.4. The number of anilines is 1. The van der Waals surface area contributed by atoms with Crippen LogP contribution in [0.15, 0.2) is 47.5 Å². The first-order valence-corrected chi connectivity index (χ1v) is 9.97. The fourth-order valence-corrected chi connectivity index (χ4v) is 3.49. The average Bonchev–Trinajstić information content (AvgIpc) is 2.74. The number of nitrogens with zero attached hydrogens (tertiary/aromatic N) is 1. The van der Waals surface area contributed by atoms with Crippen LogP contribution in [-0.4, -0.2) is 32.1 Å². The number of nitrogens with one attached hydrogen (secondary N) is 3. The molecule has 2 aromatic rings. The Bertz CT molecular complexity index is 960. The van der Waals surface area contributed by atoms with Crippen molar-refractivity contribution in [2.24, 2.45) is 4.99 Å². The molecule has 2 aromatic carbocycles. The summed E-state index contributed by atoms with van der Waals surface area (Å²) < 4.78 is 45.2. The average molecular weight is 434 g/mol. The Hall–Kier alpha value is -3.23. The van der Waals surface area contributed by atoms with Gasteiger partial charge in [-0.2, -0.15) is 13.2 Å². The third kappa shape index (κ3) is 5.68. The molecule has 3 N–H and O–H groups in total. The SMILES string of the molecule is CCNC(=NCc1ccc(OC)cc1C(F)(F)F)NCC1CC(=O)Nc2ccccc21. The number of benzene rings is 2. The minimum atomic E-state index is -4.51. The summed E-state index contributed by atoms with van der Waals surface area (Å²) >= 11 is 0. The summed E-state index contributed by atoms with van der Waals surface area (Å²) in [5.74, 6) is 0.384. The Labute approximate surface area is 178 Å². The van der Waals surface area contributed by atoms with E-state index < -0.39 is 11.7 Å². The molecule has 0 bridgehead atoms. The number of carbonyl (C=O) groups is 1. The molecule has 0 saturated heterocycles. The summed E-state index contributed by atoms with van der Waals surface area (Å²) in [5, 5.41) is 9.05. The van der Waals surface area contributed by atoms with Crippen molar-refractivity contribution >= 4 is 17.6 Å². The van der Waals surface area contributed by atoms with Crippen LogP contribution in [-0.2, 0) is 17.5 Å². The quantitative estimate of drug-likeness (QED) is 0.476. The molecule has 3 rings (SSSR count). The maximum atomic E-state index is 13.4. The third-order valence-electron chi connectivity index (χ3n) is 5.00. The lowest BCUT2D eigenvalue weighted by atomic mass is 9.90. The first kappa shape index (κ1) is 22.5. The molecule has 1 amide bonds. The number of halogens is 3. The maximum absolute atomic E-state index is 13.4. The van der Waals surface area contributed by atoms with Gasteiger partial charge in [-0.25, -0.2) is 4.99 Å². The van der Waals surface area contributed by atoms with E-state index in [1.165, 1.54) is 19.2 Å². The lowest BCUT2D eigenvalue weighted by molar-refractivity contribution is -0.138. The lowest BCUT2D eigenvalue weighted by Gasteiger charge is -2.26. The minimum absolute atomic E-state index is 0.0490. The molecule has 1 heterocycles. The number of aliphatic imine (C=N–C) groups is 1. The van der Waals surface area contributed by atoms with E-state index in [4.69, 9.17) is 4.74 Å². The van der Waals surface area contributed by atoms with Gasteiger partial charge in [-0.05, 0) is 36.2 Å². The fourth-order valence-electron chi connectivity index (χ4n) is 3.49. The number of amides is 1. The van der Waals surface area contributed by atoms with E-state index >= 15 is 0 Å². The van der Waals surface area contributed by atoms with Crippen molar-refractivity contribution in [2.45, 2.75) is 32.0 Å². The van der Waals surface area contributed by atoms with E-state index in [2.05, 4.69) is 20.9 Å². The molecule has 0 spiro atoms. The topological polar surface area (TPSA) is 74.8 Å². The van der Waals surface area contributed by atoms with Gasteiger partial charge >= 0.3 is 6.18 Å². The second-order valence-corrected chi connectivity index (χ2v) is 7.13. The van der Waals surface area contributed by atoms with Gasteiger partial charge in [-0.3, -0.25) is 4.79 Å². The van der Waals surface area contributed by atoms with Gasteiger partial charge in [0.2, 0.25) is 5.91 Å². The number of fused-ring (bicyclic) bond motifs is 1. The molecule has 31 heavy (non-hydrogen) atoms. The highest BCUT2D eigenvalue weighted by molar-refractivity contribution is 5.94. The Morgan fingerprint density at radius 3 is 2.71 bits per heavy atom. The van der Waals surface area contributed by atoms with Crippen molar-refractivity contribution in [2.75, 3.05) is 25.5 Å². The van der Waals surface area contributed by atoms with E-state index in [0.29, 0.717) is 25.5 Å². The van der Waals surface area contributed by atoms with Crippen molar-refractivity contribution in [3.05, 3.63) is 59.2 Å². The van der Waals surface area contributed by atoms with Gasteiger partial charge in [0.1, 0.15) is 5.75 Å². The number of alkyl halides is 3. The number of hydrogen-bond donors (Lipinski definition) is 3. The predicted molar refractivity (Wildman–Crippen MR) is 113 cm³/mol. The molecule has 9 heteroatoms. The highest BCUT2D eigenvalue weighted by Crippen LogP contribution is 2.35. The molecule has 0 fully saturated rings. The first-order valence-electron chi connectivity index (χ1n) is 9.97. The first-order chi connectivity index (χ1) is 14.8. The van der Waals surface area contributed by atoms with Crippen molar-refractivity contribution in [1.29, 1.82) is 0 Å². The minimum Gasteiger partial charge on any atom is -0.497 e. The summed E-state index contributed by atoms with van der Waals surface area (Å²) in [6, 6.07) is 11.4. The number of ether oxygens (including phenoxy) is 1. The molecule has 6 nitrogen and oxygen atoms in total. The van der Waals surface area contributed by atoms with Crippen molar-refractivity contribution in [1.82, 2.24) is 10.6 Å². The van der Waals surface area contributed by atoms with E-state index in [0.717, 1.165) is 17.3 Å². The molecule has 0 aromatic heterocycles. The third-order valence-corrected chi connectivity index (χ3v) is 5.00. The van der Waals surface area contributed by atoms with Crippen LogP contribution in [0.4, 0.5) is 18.9 Å². The van der Waals surface area contributed by atoms with Crippen LogP contribution in [0, 0.1) is 0 Å². The van der Waals surface area contributed by atoms with Crippen LogP contribution < -0.4 is 20.7 Å². The van der Waals surface area contributed by atoms with Gasteiger partial charge in [0.15, 0.2) is 5.96 Å². The molecule has 0 aliphatic carbocycles. The second kappa shape index (κ2) is 9.72. The number of rotatable bonds is 6. The fraction of sp³-hybridized carbons (Fsp3) is 0.364. The number of hydrogen-bond acceptors (Lipinski definition) is 3. The molecule has 1 unspecified atom stereocenters. The molecular formula is C22H25F3N4O2. The van der Waals surface area contributed by atoms with Crippen molar-refractivity contribution < 1.29 is 22.7 Å². The summed E-state index contributed by atoms with van der Waals surface area (Å²) in [5.41, 5.74) is 1.07. The van der Waals surface area contributed by atoms with E-state index in [9.17, 15) is 18.0 Å². The Balaban J connectivity index is 1.76. The zero-order valence-corrected chi connectivity index (χ0v) is 17.3. The van der Waals surface area contributed by atoms with E-state index in [-0.39, 0.29) is 29.7 Å². The van der Waals surface area contributed by atoms with Crippen LogP contribution in [0.3, 0.4) is 0 Å². The van der Waals surface area contributed by atoms with Crippen LogP contribution >= 0.6 is 0 Å². The second-order valence-electron chi connectivity index (χ2n) is 7.13. The number of methoxy groups -OCH3 is 1. The maximum Gasteiger partial charge on any atom is 0.416 e. The zero-order chi connectivity index (χ0) is 22.4. The highest BCUT2D eigenvalue weighted by atomic mass is 19.4. The molecule has 0 radical (unpaired) electrons. The Morgan fingerprint density at radius 2 is 2.00 bits per heavy atom. The van der Waals surface area contributed by atoms with Crippen LogP contribution in [0.2, 0.25) is 0 Å². The number of guanidine groups is 1. The van der Waals surface area contributed by atoms with Gasteiger partial charge in [0.05, 0.1) is 19.2 Å². The monoisotopic (exact) mass is 434 g/mol. The molecule has 166 valence electrons. The molecule has 1 aliphatic heterocycles. The molecule has 0 saturated carbocycles. The largest absolute Gasteiger partial charge is 0.497 e.